The normalized spacial score (nSPS) is 12.4. The third-order valence-electron chi connectivity index (χ3n) is 3.21. The van der Waals surface area contributed by atoms with E-state index in [4.69, 9.17) is 5.73 Å². The van der Waals surface area contributed by atoms with Crippen LogP contribution in [0.15, 0.2) is 71.8 Å². The summed E-state index contributed by atoms with van der Waals surface area (Å²) in [4.78, 5) is 5.71. The van der Waals surface area contributed by atoms with Crippen molar-refractivity contribution >= 4 is 22.7 Å². The largest absolute Gasteiger partial charge is 0.323 e. The summed E-state index contributed by atoms with van der Waals surface area (Å²) in [6.07, 6.45) is 1.89. The molecule has 1 unspecified atom stereocenters. The van der Waals surface area contributed by atoms with Crippen molar-refractivity contribution in [3.05, 3.63) is 72.4 Å². The Morgan fingerprint density at radius 1 is 1.00 bits per heavy atom. The molecule has 0 saturated heterocycles. The van der Waals surface area contributed by atoms with Crippen LogP contribution in [0.4, 0.5) is 0 Å². The van der Waals surface area contributed by atoms with Crippen molar-refractivity contribution in [2.24, 2.45) is 5.73 Å². The zero-order chi connectivity index (χ0) is 13.8. The molecule has 1 aromatic heterocycles. The van der Waals surface area contributed by atoms with Crippen LogP contribution in [0.3, 0.4) is 0 Å². The van der Waals surface area contributed by atoms with Gasteiger partial charge in [0, 0.05) is 28.3 Å². The van der Waals surface area contributed by atoms with Crippen LogP contribution in [0.25, 0.3) is 10.9 Å². The second kappa shape index (κ2) is 6.07. The number of hydrogen-bond acceptors (Lipinski definition) is 3. The molecule has 0 saturated carbocycles. The average Bonchev–Trinajstić information content (AvgIpc) is 2.53. The van der Waals surface area contributed by atoms with Crippen molar-refractivity contribution < 1.29 is 0 Å². The minimum atomic E-state index is -0.00249. The number of nitrogens with zero attached hydrogens (tertiary/aromatic N) is 1. The number of fused-ring (bicyclic) bond motifs is 1. The van der Waals surface area contributed by atoms with Crippen LogP contribution in [0.2, 0.25) is 0 Å². The average molecular weight is 280 g/mol. The summed E-state index contributed by atoms with van der Waals surface area (Å²) in [5, 5.41) is 1.14. The highest BCUT2D eigenvalue weighted by atomic mass is 32.2. The number of para-hydroxylation sites is 1. The van der Waals surface area contributed by atoms with Gasteiger partial charge in [0.15, 0.2) is 0 Å². The van der Waals surface area contributed by atoms with Crippen molar-refractivity contribution in [2.75, 3.05) is 5.75 Å². The van der Waals surface area contributed by atoms with Gasteiger partial charge in [0.2, 0.25) is 0 Å². The summed E-state index contributed by atoms with van der Waals surface area (Å²) in [6.45, 7) is 0. The van der Waals surface area contributed by atoms with Crippen molar-refractivity contribution in [3.63, 3.8) is 0 Å². The lowest BCUT2D eigenvalue weighted by atomic mass is 10.1. The van der Waals surface area contributed by atoms with E-state index < -0.39 is 0 Å². The minimum absolute atomic E-state index is 0.00249. The van der Waals surface area contributed by atoms with Gasteiger partial charge in [-0.3, -0.25) is 4.98 Å². The second-order valence-electron chi connectivity index (χ2n) is 4.69. The van der Waals surface area contributed by atoms with E-state index >= 15 is 0 Å². The highest BCUT2D eigenvalue weighted by Gasteiger charge is 2.08. The summed E-state index contributed by atoms with van der Waals surface area (Å²) in [5.74, 6) is 0.851. The Bertz CT molecular complexity index is 697. The first-order chi connectivity index (χ1) is 9.83. The Hall–Kier alpha value is -1.84. The van der Waals surface area contributed by atoms with Gasteiger partial charge in [-0.25, -0.2) is 0 Å². The minimum Gasteiger partial charge on any atom is -0.323 e. The first-order valence-electron chi connectivity index (χ1n) is 6.61. The van der Waals surface area contributed by atoms with Crippen LogP contribution < -0.4 is 5.73 Å². The van der Waals surface area contributed by atoms with Gasteiger partial charge < -0.3 is 5.73 Å². The Balaban J connectivity index is 1.73. The lowest BCUT2D eigenvalue weighted by molar-refractivity contribution is 0.827. The fourth-order valence-corrected chi connectivity index (χ4v) is 3.00. The first kappa shape index (κ1) is 13.2. The van der Waals surface area contributed by atoms with E-state index in [2.05, 4.69) is 29.2 Å². The molecule has 1 atom stereocenters. The van der Waals surface area contributed by atoms with Gasteiger partial charge in [0.25, 0.3) is 0 Å². The fourth-order valence-electron chi connectivity index (χ4n) is 2.09. The predicted octanol–water partition coefficient (Wildman–Crippen LogP) is 4.03. The number of rotatable bonds is 4. The quantitative estimate of drug-likeness (QED) is 0.733. The number of hydrogen-bond donors (Lipinski definition) is 1. The van der Waals surface area contributed by atoms with Crippen molar-refractivity contribution in [3.8, 4) is 0 Å². The van der Waals surface area contributed by atoms with Crippen molar-refractivity contribution in [1.29, 1.82) is 0 Å². The predicted molar refractivity (Wildman–Crippen MR) is 85.8 cm³/mol. The highest BCUT2D eigenvalue weighted by Crippen LogP contribution is 2.24. The van der Waals surface area contributed by atoms with Crippen LogP contribution in [0.5, 0.6) is 0 Å². The van der Waals surface area contributed by atoms with E-state index in [0.29, 0.717) is 0 Å². The molecule has 1 heterocycles. The SMILES string of the molecule is NC(CSc1ccccc1)c1cnc2ccccc2c1. The third-order valence-corrected chi connectivity index (χ3v) is 4.34. The maximum atomic E-state index is 6.27. The van der Waals surface area contributed by atoms with Crippen LogP contribution in [-0.4, -0.2) is 10.7 Å². The van der Waals surface area contributed by atoms with Gasteiger partial charge in [0.1, 0.15) is 0 Å². The van der Waals surface area contributed by atoms with Crippen molar-refractivity contribution in [2.45, 2.75) is 10.9 Å². The van der Waals surface area contributed by atoms with Gasteiger partial charge in [-0.2, -0.15) is 0 Å². The smallest absolute Gasteiger partial charge is 0.0702 e. The van der Waals surface area contributed by atoms with E-state index in [-0.39, 0.29) is 6.04 Å². The van der Waals surface area contributed by atoms with Gasteiger partial charge >= 0.3 is 0 Å². The lowest BCUT2D eigenvalue weighted by Crippen LogP contribution is -2.13. The highest BCUT2D eigenvalue weighted by molar-refractivity contribution is 7.99. The van der Waals surface area contributed by atoms with Gasteiger partial charge in [-0.05, 0) is 29.8 Å². The fraction of sp³-hybridized carbons (Fsp3) is 0.118. The summed E-state index contributed by atoms with van der Waals surface area (Å²) >= 11 is 1.78. The van der Waals surface area contributed by atoms with E-state index in [1.807, 2.05) is 42.6 Å². The zero-order valence-corrected chi connectivity index (χ0v) is 11.9. The van der Waals surface area contributed by atoms with E-state index in [9.17, 15) is 0 Å². The number of nitrogens with two attached hydrogens (primary N) is 1. The molecule has 2 nitrogen and oxygen atoms in total. The van der Waals surface area contributed by atoms with Gasteiger partial charge in [0.05, 0.1) is 5.52 Å². The van der Waals surface area contributed by atoms with Gasteiger partial charge in [-0.1, -0.05) is 36.4 Å². The molecule has 0 aliphatic carbocycles. The Labute approximate surface area is 123 Å². The Kier molecular flexibility index (Phi) is 4.00. The standard InChI is InChI=1S/C17H16N2S/c18-16(12-20-15-7-2-1-3-8-15)14-10-13-6-4-5-9-17(13)19-11-14/h1-11,16H,12,18H2. The Morgan fingerprint density at radius 3 is 2.60 bits per heavy atom. The summed E-state index contributed by atoms with van der Waals surface area (Å²) in [5.41, 5.74) is 8.38. The molecule has 0 amide bonds. The summed E-state index contributed by atoms with van der Waals surface area (Å²) in [6, 6.07) is 20.6. The summed E-state index contributed by atoms with van der Waals surface area (Å²) in [7, 11) is 0. The first-order valence-corrected chi connectivity index (χ1v) is 7.59. The van der Waals surface area contributed by atoms with Crippen LogP contribution in [-0.2, 0) is 0 Å². The molecule has 0 bridgehead atoms. The molecule has 0 spiro atoms. The molecule has 20 heavy (non-hydrogen) atoms. The van der Waals surface area contributed by atoms with E-state index in [1.54, 1.807) is 11.8 Å². The van der Waals surface area contributed by atoms with E-state index in [0.717, 1.165) is 22.2 Å². The molecular weight excluding hydrogens is 264 g/mol. The number of thioether (sulfide) groups is 1. The summed E-state index contributed by atoms with van der Waals surface area (Å²) < 4.78 is 0. The van der Waals surface area contributed by atoms with Crippen LogP contribution >= 0.6 is 11.8 Å². The third kappa shape index (κ3) is 3.00. The molecule has 100 valence electrons. The number of benzene rings is 2. The molecule has 2 aromatic carbocycles. The molecule has 0 radical (unpaired) electrons. The second-order valence-corrected chi connectivity index (χ2v) is 5.79. The lowest BCUT2D eigenvalue weighted by Gasteiger charge is -2.12. The Morgan fingerprint density at radius 2 is 1.75 bits per heavy atom. The molecule has 3 rings (SSSR count). The maximum Gasteiger partial charge on any atom is 0.0702 e. The molecule has 3 aromatic rings. The molecule has 0 aliphatic heterocycles. The molecule has 3 heteroatoms. The molecule has 0 aliphatic rings. The zero-order valence-electron chi connectivity index (χ0n) is 11.1. The van der Waals surface area contributed by atoms with Crippen molar-refractivity contribution in [1.82, 2.24) is 4.98 Å². The van der Waals surface area contributed by atoms with Gasteiger partial charge in [-0.15, -0.1) is 11.8 Å². The number of pyridine rings is 1. The number of aromatic nitrogens is 1. The maximum absolute atomic E-state index is 6.27. The van der Waals surface area contributed by atoms with Crippen LogP contribution in [0, 0.1) is 0 Å². The topological polar surface area (TPSA) is 38.9 Å². The molecule has 2 N–H and O–H groups in total. The van der Waals surface area contributed by atoms with E-state index in [1.165, 1.54) is 4.90 Å². The molecular formula is C17H16N2S. The monoisotopic (exact) mass is 280 g/mol. The van der Waals surface area contributed by atoms with Crippen LogP contribution in [0.1, 0.15) is 11.6 Å². The molecule has 0 fully saturated rings.